The highest BCUT2D eigenvalue weighted by Gasteiger charge is 2.28. The average molecular weight is 363 g/mol. The molecule has 2 heteroatoms. The fourth-order valence-corrected chi connectivity index (χ4v) is 5.43. The molecule has 0 radical (unpaired) electrons. The number of hydrogen-bond donors (Lipinski definition) is 0. The fourth-order valence-electron chi connectivity index (χ4n) is 3.73. The lowest BCUT2D eigenvalue weighted by Gasteiger charge is -2.27. The van der Waals surface area contributed by atoms with Gasteiger partial charge in [-0.3, -0.25) is 0 Å². The number of rotatable bonds is 3. The molecule has 0 unspecified atom stereocenters. The first kappa shape index (κ1) is 18.8. The lowest BCUT2D eigenvalue weighted by Crippen LogP contribution is -2.44. The van der Waals surface area contributed by atoms with Crippen LogP contribution in [0.1, 0.15) is 30.5 Å². The molecule has 0 bridgehead atoms. The van der Waals surface area contributed by atoms with Gasteiger partial charge in [-0.2, -0.15) is 0 Å². The van der Waals surface area contributed by atoms with Gasteiger partial charge in [-0.25, -0.2) is 4.57 Å². The maximum atomic E-state index is 2.48. The number of fused-ring (bicyclic) bond motifs is 1. The first-order valence-electron chi connectivity index (χ1n) is 9.64. The topological polar surface area (TPSA) is 3.88 Å². The second kappa shape index (κ2) is 6.66. The van der Waals surface area contributed by atoms with Crippen molar-refractivity contribution in [3.63, 3.8) is 0 Å². The first-order chi connectivity index (χ1) is 12.1. The van der Waals surface area contributed by atoms with Crippen LogP contribution in [0.25, 0.3) is 22.0 Å². The van der Waals surface area contributed by atoms with Crippen molar-refractivity contribution >= 4 is 24.0 Å². The molecule has 1 aromatic heterocycles. The Morgan fingerprint density at radius 3 is 2.27 bits per heavy atom. The van der Waals surface area contributed by atoms with Crippen LogP contribution in [0.3, 0.4) is 0 Å². The van der Waals surface area contributed by atoms with Crippen LogP contribution in [-0.4, -0.2) is 8.07 Å². The molecule has 0 saturated carbocycles. The Bertz CT molecular complexity index is 983. The van der Waals surface area contributed by atoms with Crippen LogP contribution in [0.5, 0.6) is 0 Å². The lowest BCUT2D eigenvalue weighted by atomic mass is 9.94. The van der Waals surface area contributed by atoms with Gasteiger partial charge in [0.2, 0.25) is 5.69 Å². The minimum atomic E-state index is -1.42. The Morgan fingerprint density at radius 2 is 1.62 bits per heavy atom. The number of aryl methyl sites for hydroxylation is 3. The van der Waals surface area contributed by atoms with Crippen LogP contribution in [0.2, 0.25) is 18.6 Å². The minimum Gasteiger partial charge on any atom is -0.200 e. The third kappa shape index (κ3) is 3.12. The summed E-state index contributed by atoms with van der Waals surface area (Å²) in [5.41, 5.74) is 7.47. The predicted octanol–water partition coefficient (Wildman–Crippen LogP) is 5.58. The average Bonchev–Trinajstić information content (AvgIpc) is 2.57. The van der Waals surface area contributed by atoms with Crippen molar-refractivity contribution < 1.29 is 4.57 Å². The number of aromatic nitrogens is 1. The van der Waals surface area contributed by atoms with E-state index in [1.807, 2.05) is 0 Å². The number of nitrogens with zero attached hydrogens (tertiary/aromatic N) is 1. The molecule has 1 heterocycles. The number of hydrogen-bond acceptors (Lipinski definition) is 0. The van der Waals surface area contributed by atoms with E-state index in [1.165, 1.54) is 38.7 Å². The van der Waals surface area contributed by atoms with Crippen LogP contribution >= 0.6 is 0 Å². The maximum Gasteiger partial charge on any atom is 0.220 e. The van der Waals surface area contributed by atoms with Gasteiger partial charge in [-0.05, 0) is 55.0 Å². The van der Waals surface area contributed by atoms with Gasteiger partial charge in [0.15, 0.2) is 6.20 Å². The molecule has 26 heavy (non-hydrogen) atoms. The number of pyridine rings is 1. The molecule has 3 rings (SSSR count). The first-order valence-corrected chi connectivity index (χ1v) is 12.7. The third-order valence-corrected chi connectivity index (χ3v) is 11.1. The van der Waals surface area contributed by atoms with Gasteiger partial charge in [-0.15, -0.1) is 0 Å². The SMILES string of the molecule is Cc1cc(C)c(C)c(-c2c3ccc([Si](C)(C)C(C)C)cc3cc[n+]2C)c1. The summed E-state index contributed by atoms with van der Waals surface area (Å²) in [6.45, 7) is 16.3. The van der Waals surface area contributed by atoms with Gasteiger partial charge in [0.05, 0.1) is 19.0 Å². The molecule has 2 aromatic carbocycles. The Balaban J connectivity index is 2.30. The smallest absolute Gasteiger partial charge is 0.200 e. The summed E-state index contributed by atoms with van der Waals surface area (Å²) in [6, 6.07) is 14.1. The quantitative estimate of drug-likeness (QED) is 0.423. The van der Waals surface area contributed by atoms with Gasteiger partial charge < -0.3 is 0 Å². The summed E-state index contributed by atoms with van der Waals surface area (Å²) in [5.74, 6) is 0. The van der Waals surface area contributed by atoms with Crippen molar-refractivity contribution in [3.8, 4) is 11.3 Å². The molecule has 1 nitrogen and oxygen atoms in total. The van der Waals surface area contributed by atoms with Crippen LogP contribution < -0.4 is 9.75 Å². The zero-order chi connectivity index (χ0) is 19.2. The van der Waals surface area contributed by atoms with Crippen molar-refractivity contribution in [2.45, 2.75) is 53.3 Å². The normalized spacial score (nSPS) is 12.2. The van der Waals surface area contributed by atoms with Crippen LogP contribution in [0.4, 0.5) is 0 Å². The summed E-state index contributed by atoms with van der Waals surface area (Å²) in [7, 11) is 0.739. The summed E-state index contributed by atoms with van der Waals surface area (Å²) in [4.78, 5) is 0. The fraction of sp³-hybridized carbons (Fsp3) is 0.375. The molecule has 0 N–H and O–H groups in total. The van der Waals surface area contributed by atoms with E-state index >= 15 is 0 Å². The highest BCUT2D eigenvalue weighted by Crippen LogP contribution is 2.31. The maximum absolute atomic E-state index is 2.48. The monoisotopic (exact) mass is 362 g/mol. The summed E-state index contributed by atoms with van der Waals surface area (Å²) in [5, 5.41) is 4.26. The minimum absolute atomic E-state index is 0.737. The molecule has 0 aliphatic rings. The van der Waals surface area contributed by atoms with Crippen molar-refractivity contribution in [1.29, 1.82) is 0 Å². The Labute approximate surface area is 159 Å². The van der Waals surface area contributed by atoms with E-state index in [4.69, 9.17) is 0 Å². The van der Waals surface area contributed by atoms with E-state index in [-0.39, 0.29) is 0 Å². The molecule has 0 saturated heterocycles. The second-order valence-corrected chi connectivity index (χ2v) is 13.9. The molecule has 136 valence electrons. The summed E-state index contributed by atoms with van der Waals surface area (Å²) in [6.07, 6.45) is 2.21. The highest BCUT2D eigenvalue weighted by molar-refractivity contribution is 6.91. The van der Waals surface area contributed by atoms with Gasteiger partial charge in [-0.1, -0.05) is 55.9 Å². The third-order valence-electron chi connectivity index (χ3n) is 6.39. The number of benzene rings is 2. The Hall–Kier alpha value is -1.93. The van der Waals surface area contributed by atoms with E-state index in [2.05, 4.69) is 102 Å². The van der Waals surface area contributed by atoms with Crippen molar-refractivity contribution in [1.82, 2.24) is 0 Å². The lowest BCUT2D eigenvalue weighted by molar-refractivity contribution is -0.659. The molecular weight excluding hydrogens is 330 g/mol. The summed E-state index contributed by atoms with van der Waals surface area (Å²) < 4.78 is 2.27. The van der Waals surface area contributed by atoms with E-state index in [0.29, 0.717) is 0 Å². The molecule has 0 amide bonds. The van der Waals surface area contributed by atoms with Crippen molar-refractivity contribution in [3.05, 3.63) is 59.3 Å². The zero-order valence-corrected chi connectivity index (χ0v) is 18.6. The molecule has 0 fully saturated rings. The molecular formula is C24H32NSi+. The zero-order valence-electron chi connectivity index (χ0n) is 17.6. The predicted molar refractivity (Wildman–Crippen MR) is 117 cm³/mol. The van der Waals surface area contributed by atoms with E-state index in [0.717, 1.165) is 5.54 Å². The van der Waals surface area contributed by atoms with E-state index < -0.39 is 8.07 Å². The van der Waals surface area contributed by atoms with Gasteiger partial charge in [0.25, 0.3) is 0 Å². The molecule has 0 aliphatic carbocycles. The van der Waals surface area contributed by atoms with Gasteiger partial charge in [0, 0.05) is 6.07 Å². The second-order valence-electron chi connectivity index (χ2n) is 8.71. The Morgan fingerprint density at radius 1 is 0.923 bits per heavy atom. The molecule has 0 aliphatic heterocycles. The summed E-state index contributed by atoms with van der Waals surface area (Å²) >= 11 is 0. The van der Waals surface area contributed by atoms with Gasteiger partial charge in [0.1, 0.15) is 7.05 Å². The molecule has 3 aromatic rings. The van der Waals surface area contributed by atoms with Crippen molar-refractivity contribution in [2.75, 3.05) is 0 Å². The van der Waals surface area contributed by atoms with Gasteiger partial charge >= 0.3 is 0 Å². The highest BCUT2D eigenvalue weighted by atomic mass is 28.3. The van der Waals surface area contributed by atoms with Crippen LogP contribution in [0.15, 0.2) is 42.6 Å². The van der Waals surface area contributed by atoms with Crippen molar-refractivity contribution in [2.24, 2.45) is 7.05 Å². The largest absolute Gasteiger partial charge is 0.220 e. The molecule has 0 spiro atoms. The Kier molecular flexibility index (Phi) is 4.83. The van der Waals surface area contributed by atoms with Crippen LogP contribution in [-0.2, 0) is 7.05 Å². The molecule has 0 atom stereocenters. The standard InChI is InChI=1S/C24H32NSi/c1-16(2)26(7,8)21-9-10-22-20(15-21)11-12-25(6)24(22)23-14-17(3)13-18(4)19(23)5/h9-16H,1-8H3/q+1. The van der Waals surface area contributed by atoms with Crippen LogP contribution in [0, 0.1) is 20.8 Å². The van der Waals surface area contributed by atoms with E-state index in [1.54, 1.807) is 5.19 Å². The van der Waals surface area contributed by atoms with E-state index in [9.17, 15) is 0 Å².